The van der Waals surface area contributed by atoms with Gasteiger partial charge in [-0.05, 0) is 82.3 Å². The molecule has 0 radical (unpaired) electrons. The summed E-state index contributed by atoms with van der Waals surface area (Å²) in [6, 6.07) is 5.92. The second-order valence-corrected chi connectivity index (χ2v) is 13.4. The number of likely N-dealkylation sites (tertiary alicyclic amines) is 2. The van der Waals surface area contributed by atoms with Crippen LogP contribution in [0.2, 0.25) is 5.02 Å². The van der Waals surface area contributed by atoms with Crippen molar-refractivity contribution in [2.24, 2.45) is 0 Å². The van der Waals surface area contributed by atoms with Crippen LogP contribution in [0.1, 0.15) is 62.4 Å². The fraction of sp³-hybridized carbons (Fsp3) is 0.615. The number of amides is 1. The summed E-state index contributed by atoms with van der Waals surface area (Å²) in [6.45, 7) is 3.71. The summed E-state index contributed by atoms with van der Waals surface area (Å²) in [5.74, 6) is 0. The van der Waals surface area contributed by atoms with Crippen molar-refractivity contribution < 1.29 is 17.9 Å². The molecule has 0 N–H and O–H groups in total. The topological polar surface area (TPSA) is 83.0 Å². The van der Waals surface area contributed by atoms with Crippen LogP contribution in [0.5, 0.6) is 0 Å². The van der Waals surface area contributed by atoms with Gasteiger partial charge in [-0.2, -0.15) is 4.31 Å². The smallest absolute Gasteiger partial charge is 0.409 e. The van der Waals surface area contributed by atoms with E-state index in [1.165, 1.54) is 47.0 Å². The summed E-state index contributed by atoms with van der Waals surface area (Å²) in [7, 11) is -3.86. The maximum absolute atomic E-state index is 13.9. The van der Waals surface area contributed by atoms with Gasteiger partial charge in [-0.25, -0.2) is 18.2 Å². The Bertz CT molecular complexity index is 1130. The predicted octanol–water partition coefficient (Wildman–Crippen LogP) is 5.17. The predicted molar refractivity (Wildman–Crippen MR) is 144 cm³/mol. The van der Waals surface area contributed by atoms with Gasteiger partial charge in [0.25, 0.3) is 0 Å². The molecule has 11 heteroatoms. The van der Waals surface area contributed by atoms with Gasteiger partial charge in [-0.1, -0.05) is 18.0 Å². The molecule has 2 aromatic rings. The molecule has 37 heavy (non-hydrogen) atoms. The lowest BCUT2D eigenvalue weighted by atomic mass is 9.99. The summed E-state index contributed by atoms with van der Waals surface area (Å²) in [4.78, 5) is 22.0. The van der Waals surface area contributed by atoms with Crippen LogP contribution >= 0.6 is 22.9 Å². The lowest BCUT2D eigenvalue weighted by molar-refractivity contribution is 0.0449. The molecule has 1 aromatic heterocycles. The van der Waals surface area contributed by atoms with Crippen molar-refractivity contribution in [3.05, 3.63) is 45.9 Å². The highest BCUT2D eigenvalue weighted by atomic mass is 35.5. The first kappa shape index (κ1) is 26.9. The normalized spacial score (nSPS) is 24.7. The van der Waals surface area contributed by atoms with E-state index >= 15 is 0 Å². The molecule has 3 aliphatic heterocycles. The van der Waals surface area contributed by atoms with E-state index in [1.54, 1.807) is 23.2 Å². The van der Waals surface area contributed by atoms with Crippen LogP contribution < -0.4 is 0 Å². The maximum Gasteiger partial charge on any atom is 0.409 e. The molecule has 3 saturated heterocycles. The van der Waals surface area contributed by atoms with E-state index < -0.39 is 22.1 Å². The van der Waals surface area contributed by atoms with Crippen LogP contribution in [0.4, 0.5) is 4.79 Å². The summed E-state index contributed by atoms with van der Waals surface area (Å²) >= 11 is 7.47. The van der Waals surface area contributed by atoms with Gasteiger partial charge in [-0.3, -0.25) is 0 Å². The Morgan fingerprint density at radius 2 is 1.73 bits per heavy atom. The molecule has 4 heterocycles. The number of sulfonamides is 1. The number of rotatable bonds is 6. The van der Waals surface area contributed by atoms with E-state index in [2.05, 4.69) is 9.88 Å². The molecule has 1 aromatic carbocycles. The Morgan fingerprint density at radius 3 is 2.41 bits per heavy atom. The summed E-state index contributed by atoms with van der Waals surface area (Å²) in [5, 5.41) is 3.09. The highest BCUT2D eigenvalue weighted by molar-refractivity contribution is 7.89. The fourth-order valence-corrected chi connectivity index (χ4v) is 8.68. The lowest BCUT2D eigenvalue weighted by Crippen LogP contribution is -2.50. The molecular formula is C26H35ClN4O4S2. The Morgan fingerprint density at radius 1 is 1.00 bits per heavy atom. The largest absolute Gasteiger partial charge is 0.448 e. The number of nitrogens with zero attached hydrogens (tertiary/aromatic N) is 4. The number of benzene rings is 1. The van der Waals surface area contributed by atoms with Crippen molar-refractivity contribution in [1.82, 2.24) is 19.1 Å². The van der Waals surface area contributed by atoms with Crippen molar-refractivity contribution in [3.8, 4) is 0 Å². The summed E-state index contributed by atoms with van der Waals surface area (Å²) in [6.07, 6.45) is 9.25. The second kappa shape index (κ2) is 12.0. The van der Waals surface area contributed by atoms with E-state index in [-0.39, 0.29) is 17.6 Å². The molecule has 0 spiro atoms. The van der Waals surface area contributed by atoms with Crippen molar-refractivity contribution in [2.45, 2.75) is 74.4 Å². The zero-order valence-electron chi connectivity index (χ0n) is 21.0. The van der Waals surface area contributed by atoms with Gasteiger partial charge < -0.3 is 14.5 Å². The highest BCUT2D eigenvalue weighted by Crippen LogP contribution is 2.40. The monoisotopic (exact) mass is 566 g/mol. The van der Waals surface area contributed by atoms with Gasteiger partial charge in [0.05, 0.1) is 17.0 Å². The van der Waals surface area contributed by atoms with Crippen molar-refractivity contribution >= 4 is 39.1 Å². The van der Waals surface area contributed by atoms with Crippen LogP contribution in [-0.4, -0.2) is 78.5 Å². The third-order valence-corrected chi connectivity index (χ3v) is 10.9. The van der Waals surface area contributed by atoms with Gasteiger partial charge in [0.1, 0.15) is 11.6 Å². The van der Waals surface area contributed by atoms with Crippen LogP contribution in [0.3, 0.4) is 0 Å². The van der Waals surface area contributed by atoms with Gasteiger partial charge in [0.2, 0.25) is 10.0 Å². The number of piperidine rings is 3. The minimum Gasteiger partial charge on any atom is -0.448 e. The molecule has 2 atom stereocenters. The van der Waals surface area contributed by atoms with Crippen molar-refractivity contribution in [2.75, 3.05) is 32.8 Å². The molecular weight excluding hydrogens is 532 g/mol. The fourth-order valence-electron chi connectivity index (χ4n) is 5.89. The summed E-state index contributed by atoms with van der Waals surface area (Å²) in [5.41, 5.74) is 0. The van der Waals surface area contributed by atoms with E-state index in [4.69, 9.17) is 16.3 Å². The van der Waals surface area contributed by atoms with Crippen LogP contribution in [0, 0.1) is 0 Å². The average molecular weight is 567 g/mol. The molecule has 0 bridgehead atoms. The zero-order valence-corrected chi connectivity index (χ0v) is 23.4. The number of hydrogen-bond acceptors (Lipinski definition) is 7. The molecule has 202 valence electrons. The van der Waals surface area contributed by atoms with Gasteiger partial charge >= 0.3 is 6.09 Å². The Hall–Kier alpha value is -1.72. The van der Waals surface area contributed by atoms with Crippen LogP contribution in [0.15, 0.2) is 40.7 Å². The molecule has 5 rings (SSSR count). The number of halogens is 1. The first-order valence-electron chi connectivity index (χ1n) is 13.3. The van der Waals surface area contributed by atoms with Crippen LogP contribution in [0.25, 0.3) is 0 Å². The molecule has 0 saturated carbocycles. The first-order valence-corrected chi connectivity index (χ1v) is 16.0. The average Bonchev–Trinajstić information content (AvgIpc) is 3.47. The Labute approximate surface area is 228 Å². The minimum atomic E-state index is -3.86. The number of carbonyl (C=O) groups is 1. The van der Waals surface area contributed by atoms with Crippen LogP contribution in [-0.2, 0) is 14.8 Å². The number of aromatic nitrogens is 1. The quantitative estimate of drug-likeness (QED) is 0.480. The molecule has 3 aliphatic rings. The van der Waals surface area contributed by atoms with Crippen molar-refractivity contribution in [3.63, 3.8) is 0 Å². The lowest BCUT2D eigenvalue weighted by Gasteiger charge is -2.41. The van der Waals surface area contributed by atoms with Crippen molar-refractivity contribution in [1.29, 1.82) is 0 Å². The molecule has 3 fully saturated rings. The van der Waals surface area contributed by atoms with E-state index in [0.717, 1.165) is 37.4 Å². The molecule has 1 amide bonds. The summed E-state index contributed by atoms with van der Waals surface area (Å²) < 4.78 is 35.0. The maximum atomic E-state index is 13.9. The molecule has 8 nitrogen and oxygen atoms in total. The Balaban J connectivity index is 1.26. The number of ether oxygens (including phenoxy) is 1. The number of carbonyl (C=O) groups excluding carboxylic acids is 1. The first-order chi connectivity index (χ1) is 17.9. The van der Waals surface area contributed by atoms with Gasteiger partial charge in [-0.15, -0.1) is 11.3 Å². The third-order valence-electron chi connectivity index (χ3n) is 7.84. The second-order valence-electron chi connectivity index (χ2n) is 10.2. The van der Waals surface area contributed by atoms with Gasteiger partial charge in [0.15, 0.2) is 0 Å². The SMILES string of the molecule is O=C(OCC1CCCC(c2nccs2)N1S(=O)(=O)c1ccc(Cl)cc1)N1CCC(N2CCCCC2)CC1. The Kier molecular flexibility index (Phi) is 8.70. The number of hydrogen-bond donors (Lipinski definition) is 0. The van der Waals surface area contributed by atoms with E-state index in [9.17, 15) is 13.2 Å². The molecule has 0 aliphatic carbocycles. The zero-order chi connectivity index (χ0) is 25.8. The highest BCUT2D eigenvalue weighted by Gasteiger charge is 2.42. The van der Waals surface area contributed by atoms with Gasteiger partial charge in [0, 0.05) is 35.7 Å². The number of thiazole rings is 1. The molecule has 2 unspecified atom stereocenters. The van der Waals surface area contributed by atoms with E-state index in [0.29, 0.717) is 37.0 Å². The third kappa shape index (κ3) is 6.14. The standard InChI is InChI=1S/C26H35ClN4O4S2/c27-20-7-9-23(10-8-20)37(33,34)31-22(5-4-6-24(31)25-28-13-18-36-25)19-35-26(32)30-16-11-21(12-17-30)29-14-2-1-3-15-29/h7-10,13,18,21-22,24H,1-6,11-12,14-17,19H2. The van der Waals surface area contributed by atoms with E-state index in [1.807, 2.05) is 5.38 Å². The minimum absolute atomic E-state index is 0.0274.